The van der Waals surface area contributed by atoms with Crippen LogP contribution in [0.2, 0.25) is 0 Å². The molecule has 0 aliphatic rings. The Bertz CT molecular complexity index is 107. The Morgan fingerprint density at radius 2 is 1.31 bits per heavy atom. The summed E-state index contributed by atoms with van der Waals surface area (Å²) in [5.74, 6) is 0. The average molecular weight is 240 g/mol. The molecule has 1 atom stereocenters. The SMILES string of the molecule is CC(O)CO.O=P([O-])([O-])[O-].[Na+].[Na+].[Na+]. The Kier molecular flexibility index (Phi) is 39.9. The molecule has 10 heteroatoms. The van der Waals surface area contributed by atoms with Gasteiger partial charge in [-0.2, -0.15) is 7.82 Å². The Morgan fingerprint density at radius 1 is 1.23 bits per heavy atom. The summed E-state index contributed by atoms with van der Waals surface area (Å²) in [6, 6.07) is 0. The molecule has 0 spiro atoms. The van der Waals surface area contributed by atoms with Gasteiger partial charge in [0.2, 0.25) is 0 Å². The Hall–Kier alpha value is 3.03. The fraction of sp³-hybridized carbons (Fsp3) is 1.00. The van der Waals surface area contributed by atoms with E-state index < -0.39 is 13.9 Å². The zero-order valence-corrected chi connectivity index (χ0v) is 15.2. The molecule has 1 unspecified atom stereocenters. The number of aliphatic hydroxyl groups is 2. The molecular formula is C3H8Na3O6P. The van der Waals surface area contributed by atoms with E-state index in [9.17, 15) is 0 Å². The molecule has 0 bridgehead atoms. The van der Waals surface area contributed by atoms with Gasteiger partial charge in [0, 0.05) is 0 Å². The van der Waals surface area contributed by atoms with Gasteiger partial charge in [-0.15, -0.1) is 0 Å². The predicted molar refractivity (Wildman–Crippen MR) is 26.4 cm³/mol. The minimum Gasteiger partial charge on any atom is -0.822 e. The number of phosphoric acid groups is 1. The van der Waals surface area contributed by atoms with Gasteiger partial charge in [-0.05, 0) is 6.92 Å². The molecule has 0 aliphatic heterocycles. The number of hydrogen-bond acceptors (Lipinski definition) is 6. The van der Waals surface area contributed by atoms with Gasteiger partial charge in [-0.25, -0.2) is 0 Å². The third-order valence-corrected chi connectivity index (χ3v) is 0.264. The van der Waals surface area contributed by atoms with Crippen LogP contribution in [0.3, 0.4) is 0 Å². The third-order valence-electron chi connectivity index (χ3n) is 0.264. The molecule has 64 valence electrons. The van der Waals surface area contributed by atoms with E-state index in [4.69, 9.17) is 29.5 Å². The average Bonchev–Trinajstić information content (AvgIpc) is 1.61. The fourth-order valence-corrected chi connectivity index (χ4v) is 0. The topological polar surface area (TPSA) is 127 Å². The summed E-state index contributed by atoms with van der Waals surface area (Å²) in [7, 11) is -5.39. The molecule has 0 saturated heterocycles. The van der Waals surface area contributed by atoms with Crippen molar-refractivity contribution in [3.05, 3.63) is 0 Å². The summed E-state index contributed by atoms with van der Waals surface area (Å²) in [6.45, 7) is 1.39. The van der Waals surface area contributed by atoms with Gasteiger partial charge in [0.15, 0.2) is 0 Å². The molecule has 0 aromatic rings. The van der Waals surface area contributed by atoms with E-state index in [1.165, 1.54) is 6.92 Å². The molecule has 0 aromatic heterocycles. The fourth-order valence-electron chi connectivity index (χ4n) is 0. The zero-order chi connectivity index (χ0) is 8.78. The molecule has 0 aliphatic carbocycles. The third kappa shape index (κ3) is 101. The molecule has 6 nitrogen and oxygen atoms in total. The molecule has 2 N–H and O–H groups in total. The smallest absolute Gasteiger partial charge is 0.822 e. The van der Waals surface area contributed by atoms with Crippen LogP contribution >= 0.6 is 7.82 Å². The van der Waals surface area contributed by atoms with Crippen LogP contribution in [0.5, 0.6) is 0 Å². The van der Waals surface area contributed by atoms with E-state index in [0.717, 1.165) is 0 Å². The molecule has 0 amide bonds. The van der Waals surface area contributed by atoms with Crippen LogP contribution in [-0.4, -0.2) is 22.9 Å². The van der Waals surface area contributed by atoms with Gasteiger partial charge in [0.05, 0.1) is 12.7 Å². The van der Waals surface area contributed by atoms with Crippen LogP contribution in [0.4, 0.5) is 0 Å². The van der Waals surface area contributed by atoms with Gasteiger partial charge in [0.1, 0.15) is 0 Å². The molecule has 0 saturated carbocycles. The molecular weight excluding hydrogens is 232 g/mol. The standard InChI is InChI=1S/C3H8O2.3Na.H3O4P/c1-3(5)2-4;;;;1-5(2,3)4/h3-5H,2H2,1H3;;;;(H3,1,2,3,4)/q;3*+1;/p-3. The van der Waals surface area contributed by atoms with E-state index >= 15 is 0 Å². The van der Waals surface area contributed by atoms with Crippen LogP contribution in [-0.2, 0) is 4.57 Å². The van der Waals surface area contributed by atoms with Crippen molar-refractivity contribution in [1.82, 2.24) is 0 Å². The normalized spacial score (nSPS) is 10.3. The maximum Gasteiger partial charge on any atom is 1.00 e. The summed E-state index contributed by atoms with van der Waals surface area (Å²) >= 11 is 0. The Labute approximate surface area is 143 Å². The summed E-state index contributed by atoms with van der Waals surface area (Å²) in [5, 5.41) is 16.0. The number of hydrogen-bond donors (Lipinski definition) is 2. The molecule has 13 heavy (non-hydrogen) atoms. The zero-order valence-electron chi connectivity index (χ0n) is 8.26. The van der Waals surface area contributed by atoms with Crippen molar-refractivity contribution in [2.45, 2.75) is 13.0 Å². The summed E-state index contributed by atoms with van der Waals surface area (Å²) in [4.78, 5) is 25.6. The second-order valence-electron chi connectivity index (χ2n) is 1.48. The van der Waals surface area contributed by atoms with E-state index in [0.29, 0.717) is 0 Å². The van der Waals surface area contributed by atoms with Crippen LogP contribution in [0, 0.1) is 0 Å². The number of rotatable bonds is 1. The van der Waals surface area contributed by atoms with Gasteiger partial charge in [0.25, 0.3) is 0 Å². The van der Waals surface area contributed by atoms with E-state index in [1.54, 1.807) is 0 Å². The van der Waals surface area contributed by atoms with Crippen LogP contribution < -0.4 is 103 Å². The predicted octanol–water partition coefficient (Wildman–Crippen LogP) is -12.5. The van der Waals surface area contributed by atoms with Gasteiger partial charge in [-0.3, -0.25) is 0 Å². The quantitative estimate of drug-likeness (QED) is 0.346. The maximum atomic E-state index is 8.55. The molecule has 0 rings (SSSR count). The van der Waals surface area contributed by atoms with Crippen molar-refractivity contribution in [2.75, 3.05) is 6.61 Å². The first-order valence-electron chi connectivity index (χ1n) is 2.29. The van der Waals surface area contributed by atoms with Gasteiger partial charge >= 0.3 is 88.7 Å². The maximum absolute atomic E-state index is 8.55. The second kappa shape index (κ2) is 17.4. The molecule has 0 heterocycles. The first-order chi connectivity index (χ1) is 4.27. The first kappa shape index (κ1) is 29.8. The first-order valence-corrected chi connectivity index (χ1v) is 3.75. The van der Waals surface area contributed by atoms with Gasteiger partial charge < -0.3 is 29.5 Å². The molecule has 0 fully saturated rings. The minimum absolute atomic E-state index is 0. The Morgan fingerprint density at radius 3 is 1.31 bits per heavy atom. The van der Waals surface area contributed by atoms with Crippen molar-refractivity contribution in [1.29, 1.82) is 0 Å². The Balaban J connectivity index is -0.0000000267. The summed E-state index contributed by atoms with van der Waals surface area (Å²) in [5.41, 5.74) is 0. The van der Waals surface area contributed by atoms with E-state index in [1.807, 2.05) is 0 Å². The molecule has 0 aromatic carbocycles. The van der Waals surface area contributed by atoms with E-state index in [2.05, 4.69) is 0 Å². The van der Waals surface area contributed by atoms with Crippen molar-refractivity contribution >= 4 is 7.82 Å². The minimum atomic E-state index is -5.39. The largest absolute Gasteiger partial charge is 1.00 e. The number of aliphatic hydroxyl groups excluding tert-OH is 2. The van der Waals surface area contributed by atoms with Crippen LogP contribution in [0.1, 0.15) is 6.92 Å². The molecule has 0 radical (unpaired) electrons. The second-order valence-corrected chi connectivity index (χ2v) is 2.37. The van der Waals surface area contributed by atoms with Crippen molar-refractivity contribution < 1.29 is 118 Å². The monoisotopic (exact) mass is 240 g/mol. The summed E-state index contributed by atoms with van der Waals surface area (Å²) in [6.07, 6.45) is -0.560. The van der Waals surface area contributed by atoms with Crippen molar-refractivity contribution in [3.8, 4) is 0 Å². The van der Waals surface area contributed by atoms with Crippen LogP contribution in [0.15, 0.2) is 0 Å². The van der Waals surface area contributed by atoms with Gasteiger partial charge in [-0.1, -0.05) is 0 Å². The summed E-state index contributed by atoms with van der Waals surface area (Å²) < 4.78 is 8.55. The van der Waals surface area contributed by atoms with Crippen LogP contribution in [0.25, 0.3) is 0 Å². The van der Waals surface area contributed by atoms with Crippen molar-refractivity contribution in [2.24, 2.45) is 0 Å². The van der Waals surface area contributed by atoms with Crippen molar-refractivity contribution in [3.63, 3.8) is 0 Å². The van der Waals surface area contributed by atoms with E-state index in [-0.39, 0.29) is 95.3 Å².